The predicted octanol–water partition coefficient (Wildman–Crippen LogP) is 2.12. The van der Waals surface area contributed by atoms with Crippen LogP contribution in [-0.4, -0.2) is 54.1 Å². The molecule has 2 aliphatic heterocycles. The second-order valence-electron chi connectivity index (χ2n) is 5.57. The summed E-state index contributed by atoms with van der Waals surface area (Å²) in [6.07, 6.45) is 0.189. The number of hydrogen-bond acceptors (Lipinski definition) is 5. The molecule has 9 heteroatoms. The highest BCUT2D eigenvalue weighted by atomic mass is 79.9. The summed E-state index contributed by atoms with van der Waals surface area (Å²) in [7, 11) is 0. The molecular formula is C14H16BrN3O4S. The van der Waals surface area contributed by atoms with E-state index in [1.807, 2.05) is 12.1 Å². The second kappa shape index (κ2) is 6.12. The number of hydrogen-bond donors (Lipinski definition) is 1. The smallest absolute Gasteiger partial charge is 0.409 e. The number of halogens is 1. The molecule has 2 fully saturated rings. The van der Waals surface area contributed by atoms with Crippen LogP contribution < -0.4 is 5.32 Å². The van der Waals surface area contributed by atoms with E-state index < -0.39 is 11.6 Å². The van der Waals surface area contributed by atoms with E-state index in [1.54, 1.807) is 11.8 Å². The lowest BCUT2D eigenvalue weighted by Gasteiger charge is -2.20. The van der Waals surface area contributed by atoms with Crippen molar-refractivity contribution in [3.63, 3.8) is 0 Å². The van der Waals surface area contributed by atoms with Crippen LogP contribution in [0.5, 0.6) is 0 Å². The second-order valence-corrected chi connectivity index (χ2v) is 8.03. The molecule has 1 aromatic rings. The van der Waals surface area contributed by atoms with Crippen LogP contribution in [0.4, 0.5) is 9.59 Å². The summed E-state index contributed by atoms with van der Waals surface area (Å²) in [5, 5.41) is 2.77. The van der Waals surface area contributed by atoms with Crippen LogP contribution >= 0.6 is 27.3 Å². The van der Waals surface area contributed by atoms with Crippen LogP contribution in [0, 0.1) is 0 Å². The van der Waals surface area contributed by atoms with E-state index in [0.29, 0.717) is 26.1 Å². The molecule has 23 heavy (non-hydrogen) atoms. The van der Waals surface area contributed by atoms with Crippen LogP contribution in [0.25, 0.3) is 0 Å². The molecule has 1 N–H and O–H groups in total. The molecule has 124 valence electrons. The fourth-order valence-corrected chi connectivity index (χ4v) is 4.18. The van der Waals surface area contributed by atoms with Gasteiger partial charge in [0.05, 0.1) is 10.3 Å². The van der Waals surface area contributed by atoms with Crippen LogP contribution in [0.3, 0.4) is 0 Å². The standard InChI is InChI=1S/C14H16BrN3O4S/c1-14(9-3-4-10(15)23-9)11(19)18(12(20)16-14)6-2-5-17-7-8-22-13(17)21/h3-4H,2,5-8H2,1H3,(H,16,20). The monoisotopic (exact) mass is 401 g/mol. The van der Waals surface area contributed by atoms with E-state index in [2.05, 4.69) is 21.2 Å². The zero-order valence-corrected chi connectivity index (χ0v) is 14.9. The maximum atomic E-state index is 12.7. The van der Waals surface area contributed by atoms with Crippen molar-refractivity contribution in [2.75, 3.05) is 26.2 Å². The fourth-order valence-electron chi connectivity index (χ4n) is 2.70. The first kappa shape index (κ1) is 16.3. The van der Waals surface area contributed by atoms with Crippen LogP contribution in [0.2, 0.25) is 0 Å². The molecule has 1 unspecified atom stereocenters. The minimum absolute atomic E-state index is 0.263. The molecule has 0 aromatic carbocycles. The summed E-state index contributed by atoms with van der Waals surface area (Å²) in [4.78, 5) is 39.8. The van der Waals surface area contributed by atoms with Crippen molar-refractivity contribution < 1.29 is 19.1 Å². The summed E-state index contributed by atoms with van der Waals surface area (Å²) in [5.74, 6) is -0.263. The third kappa shape index (κ3) is 2.94. The SMILES string of the molecule is CC1(c2ccc(Br)s2)NC(=O)N(CCCN2CCOC2=O)C1=O. The molecule has 2 saturated heterocycles. The fraction of sp³-hybridized carbons (Fsp3) is 0.500. The number of thiophene rings is 1. The third-order valence-corrected chi connectivity index (χ3v) is 5.84. The molecule has 0 radical (unpaired) electrons. The Hall–Kier alpha value is -1.61. The Labute approximate surface area is 145 Å². The topological polar surface area (TPSA) is 79.0 Å². The number of ether oxygens (including phenoxy) is 1. The molecule has 0 saturated carbocycles. The maximum Gasteiger partial charge on any atom is 0.409 e. The van der Waals surface area contributed by atoms with E-state index >= 15 is 0 Å². The molecule has 2 aliphatic rings. The number of nitrogens with one attached hydrogen (secondary N) is 1. The lowest BCUT2D eigenvalue weighted by atomic mass is 10.0. The average molecular weight is 402 g/mol. The minimum Gasteiger partial charge on any atom is -0.448 e. The van der Waals surface area contributed by atoms with Gasteiger partial charge in [0, 0.05) is 18.0 Å². The molecular weight excluding hydrogens is 386 g/mol. The summed E-state index contributed by atoms with van der Waals surface area (Å²) < 4.78 is 5.75. The molecule has 0 bridgehead atoms. The Morgan fingerprint density at radius 1 is 1.35 bits per heavy atom. The van der Waals surface area contributed by atoms with Crippen molar-refractivity contribution in [3.8, 4) is 0 Å². The molecule has 1 atom stereocenters. The highest BCUT2D eigenvalue weighted by Gasteiger charge is 2.49. The van der Waals surface area contributed by atoms with Crippen LogP contribution in [0.15, 0.2) is 15.9 Å². The third-order valence-electron chi connectivity index (χ3n) is 4.00. The summed E-state index contributed by atoms with van der Waals surface area (Å²) in [6, 6.07) is 3.29. The predicted molar refractivity (Wildman–Crippen MR) is 87.2 cm³/mol. The Bertz CT molecular complexity index is 664. The molecule has 3 rings (SSSR count). The van der Waals surface area contributed by atoms with Gasteiger partial charge in [0.2, 0.25) is 0 Å². The summed E-state index contributed by atoms with van der Waals surface area (Å²) in [5.41, 5.74) is -1.03. The van der Waals surface area contributed by atoms with Gasteiger partial charge < -0.3 is 15.0 Å². The first-order valence-electron chi connectivity index (χ1n) is 7.23. The zero-order chi connectivity index (χ0) is 16.6. The van der Waals surface area contributed by atoms with Crippen molar-refractivity contribution in [2.45, 2.75) is 18.9 Å². The van der Waals surface area contributed by atoms with Gasteiger partial charge in [-0.2, -0.15) is 0 Å². The van der Waals surface area contributed by atoms with Crippen molar-refractivity contribution >= 4 is 45.3 Å². The van der Waals surface area contributed by atoms with Crippen molar-refractivity contribution in [1.29, 1.82) is 0 Å². The van der Waals surface area contributed by atoms with Gasteiger partial charge in [-0.15, -0.1) is 11.3 Å². The van der Waals surface area contributed by atoms with E-state index in [0.717, 1.165) is 8.66 Å². The Kier molecular flexibility index (Phi) is 4.33. The largest absolute Gasteiger partial charge is 0.448 e. The van der Waals surface area contributed by atoms with Crippen molar-refractivity contribution in [3.05, 3.63) is 20.8 Å². The number of carbonyl (C=O) groups excluding carboxylic acids is 3. The Morgan fingerprint density at radius 2 is 2.13 bits per heavy atom. The highest BCUT2D eigenvalue weighted by Crippen LogP contribution is 2.35. The van der Waals surface area contributed by atoms with Gasteiger partial charge in [0.15, 0.2) is 5.54 Å². The highest BCUT2D eigenvalue weighted by molar-refractivity contribution is 9.11. The number of cyclic esters (lactones) is 1. The van der Waals surface area contributed by atoms with Crippen LogP contribution in [0.1, 0.15) is 18.2 Å². The number of rotatable bonds is 5. The van der Waals surface area contributed by atoms with Crippen molar-refractivity contribution in [2.24, 2.45) is 0 Å². The molecule has 4 amide bonds. The number of carbonyl (C=O) groups is 3. The van der Waals surface area contributed by atoms with E-state index in [4.69, 9.17) is 4.74 Å². The van der Waals surface area contributed by atoms with Gasteiger partial charge in [0.25, 0.3) is 5.91 Å². The number of imide groups is 1. The van der Waals surface area contributed by atoms with Gasteiger partial charge in [-0.1, -0.05) is 0 Å². The quantitative estimate of drug-likeness (QED) is 0.766. The lowest BCUT2D eigenvalue weighted by Crippen LogP contribution is -2.40. The van der Waals surface area contributed by atoms with Gasteiger partial charge in [-0.3, -0.25) is 9.69 Å². The molecule has 0 aliphatic carbocycles. The summed E-state index contributed by atoms with van der Waals surface area (Å²) >= 11 is 4.79. The van der Waals surface area contributed by atoms with Crippen molar-refractivity contribution in [1.82, 2.24) is 15.1 Å². The van der Waals surface area contributed by atoms with E-state index in [9.17, 15) is 14.4 Å². The Balaban J connectivity index is 1.63. The van der Waals surface area contributed by atoms with Gasteiger partial charge in [0.1, 0.15) is 6.61 Å². The number of amides is 4. The zero-order valence-electron chi connectivity index (χ0n) is 12.5. The first-order valence-corrected chi connectivity index (χ1v) is 8.84. The number of nitrogens with zero attached hydrogens (tertiary/aromatic N) is 2. The lowest BCUT2D eigenvalue weighted by molar-refractivity contribution is -0.131. The molecule has 7 nitrogen and oxygen atoms in total. The average Bonchev–Trinajstić information content (AvgIpc) is 3.16. The van der Waals surface area contributed by atoms with Gasteiger partial charge in [-0.25, -0.2) is 9.59 Å². The van der Waals surface area contributed by atoms with E-state index in [-0.39, 0.29) is 18.5 Å². The number of urea groups is 1. The first-order chi connectivity index (χ1) is 10.9. The minimum atomic E-state index is -1.03. The molecule has 0 spiro atoms. The maximum absolute atomic E-state index is 12.7. The van der Waals surface area contributed by atoms with E-state index in [1.165, 1.54) is 16.2 Å². The van der Waals surface area contributed by atoms with Crippen LogP contribution in [-0.2, 0) is 15.1 Å². The Morgan fingerprint density at radius 3 is 2.74 bits per heavy atom. The summed E-state index contributed by atoms with van der Waals surface area (Å²) in [6.45, 7) is 3.41. The van der Waals surface area contributed by atoms with Gasteiger partial charge in [-0.05, 0) is 41.4 Å². The normalized spacial score (nSPS) is 24.3. The van der Waals surface area contributed by atoms with Gasteiger partial charge >= 0.3 is 12.1 Å². The molecule has 1 aromatic heterocycles. The molecule has 3 heterocycles.